The van der Waals surface area contributed by atoms with Crippen molar-refractivity contribution in [2.24, 2.45) is 4.99 Å². The number of hydrogen-bond acceptors (Lipinski definition) is 3. The van der Waals surface area contributed by atoms with Crippen molar-refractivity contribution in [3.63, 3.8) is 0 Å². The van der Waals surface area contributed by atoms with Crippen molar-refractivity contribution in [2.45, 2.75) is 13.8 Å². The van der Waals surface area contributed by atoms with Gasteiger partial charge in [-0.1, -0.05) is 11.6 Å². The molecule has 1 N–H and O–H groups in total. The Morgan fingerprint density at radius 3 is 2.38 bits per heavy atom. The molecule has 0 fully saturated rings. The smallest absolute Gasteiger partial charge is 0.124 e. The maximum absolute atomic E-state index is 9.95. The van der Waals surface area contributed by atoms with Crippen LogP contribution >= 0.6 is 11.6 Å². The predicted molar refractivity (Wildman–Crippen MR) is 90.4 cm³/mol. The Kier molecular flexibility index (Phi) is 5.23. The average molecular weight is 303 g/mol. The third-order valence-electron chi connectivity index (χ3n) is 3.32. The van der Waals surface area contributed by atoms with E-state index in [4.69, 9.17) is 11.6 Å². The summed E-state index contributed by atoms with van der Waals surface area (Å²) in [5, 5.41) is 10.6. The number of rotatable bonds is 5. The third kappa shape index (κ3) is 3.99. The van der Waals surface area contributed by atoms with Crippen LogP contribution in [0.5, 0.6) is 5.75 Å². The van der Waals surface area contributed by atoms with Crippen LogP contribution < -0.4 is 4.90 Å². The van der Waals surface area contributed by atoms with Gasteiger partial charge in [0.15, 0.2) is 0 Å². The maximum Gasteiger partial charge on any atom is 0.124 e. The summed E-state index contributed by atoms with van der Waals surface area (Å²) in [4.78, 5) is 6.59. The minimum Gasteiger partial charge on any atom is -0.507 e. The quantitative estimate of drug-likeness (QED) is 0.817. The standard InChI is InChI=1S/C17H19ClN2O/c1-3-20(4-2)16-9-10-17(21)13(11-16)12-19-15-7-5-14(18)6-8-15/h5-12,21H,3-4H2,1-2H3. The zero-order valence-electron chi connectivity index (χ0n) is 12.3. The second kappa shape index (κ2) is 7.14. The van der Waals surface area contributed by atoms with Crippen LogP contribution in [0.1, 0.15) is 19.4 Å². The molecule has 0 spiro atoms. The Morgan fingerprint density at radius 1 is 1.10 bits per heavy atom. The highest BCUT2D eigenvalue weighted by Crippen LogP contribution is 2.24. The van der Waals surface area contributed by atoms with Crippen LogP contribution in [-0.2, 0) is 0 Å². The number of aliphatic imine (C=N–C) groups is 1. The lowest BCUT2D eigenvalue weighted by atomic mass is 10.1. The van der Waals surface area contributed by atoms with Gasteiger partial charge in [-0.3, -0.25) is 4.99 Å². The molecule has 0 bridgehead atoms. The Morgan fingerprint density at radius 2 is 1.76 bits per heavy atom. The number of anilines is 1. The first-order chi connectivity index (χ1) is 10.1. The molecule has 110 valence electrons. The zero-order chi connectivity index (χ0) is 15.2. The summed E-state index contributed by atoms with van der Waals surface area (Å²) in [7, 11) is 0. The molecule has 0 saturated carbocycles. The topological polar surface area (TPSA) is 35.8 Å². The van der Waals surface area contributed by atoms with Gasteiger partial charge >= 0.3 is 0 Å². The fourth-order valence-electron chi connectivity index (χ4n) is 2.10. The van der Waals surface area contributed by atoms with Gasteiger partial charge in [-0.15, -0.1) is 0 Å². The molecule has 0 heterocycles. The highest BCUT2D eigenvalue weighted by Gasteiger charge is 2.05. The van der Waals surface area contributed by atoms with Crippen molar-refractivity contribution in [1.29, 1.82) is 0 Å². The van der Waals surface area contributed by atoms with Gasteiger partial charge in [-0.25, -0.2) is 0 Å². The summed E-state index contributed by atoms with van der Waals surface area (Å²) in [6, 6.07) is 12.8. The molecule has 3 nitrogen and oxygen atoms in total. The molecule has 0 radical (unpaired) electrons. The van der Waals surface area contributed by atoms with E-state index < -0.39 is 0 Å². The Labute approximate surface area is 130 Å². The van der Waals surface area contributed by atoms with Gasteiger partial charge in [-0.05, 0) is 56.3 Å². The van der Waals surface area contributed by atoms with Crippen LogP contribution in [0.25, 0.3) is 0 Å². The van der Waals surface area contributed by atoms with Crippen molar-refractivity contribution in [3.05, 3.63) is 53.1 Å². The predicted octanol–water partition coefficient (Wildman–Crippen LogP) is 4.64. The van der Waals surface area contributed by atoms with Crippen LogP contribution in [0.15, 0.2) is 47.5 Å². The maximum atomic E-state index is 9.95. The number of phenols is 1. The van der Waals surface area contributed by atoms with Gasteiger partial charge in [-0.2, -0.15) is 0 Å². The average Bonchev–Trinajstić information content (AvgIpc) is 2.50. The summed E-state index contributed by atoms with van der Waals surface area (Å²) >= 11 is 5.84. The van der Waals surface area contributed by atoms with E-state index in [0.717, 1.165) is 24.5 Å². The minimum absolute atomic E-state index is 0.226. The molecule has 0 aliphatic rings. The SMILES string of the molecule is CCN(CC)c1ccc(O)c(C=Nc2ccc(Cl)cc2)c1. The van der Waals surface area contributed by atoms with E-state index >= 15 is 0 Å². The number of phenolic OH excluding ortho intramolecular Hbond substituents is 1. The van der Waals surface area contributed by atoms with Gasteiger partial charge in [0.25, 0.3) is 0 Å². The van der Waals surface area contributed by atoms with Crippen molar-refractivity contribution in [1.82, 2.24) is 0 Å². The van der Waals surface area contributed by atoms with Crippen molar-refractivity contribution < 1.29 is 5.11 Å². The van der Waals surface area contributed by atoms with Crippen molar-refractivity contribution >= 4 is 29.2 Å². The second-order valence-corrected chi connectivity index (χ2v) is 5.09. The lowest BCUT2D eigenvalue weighted by Crippen LogP contribution is -2.21. The Balaban J connectivity index is 2.26. The van der Waals surface area contributed by atoms with Gasteiger partial charge in [0.05, 0.1) is 5.69 Å². The molecule has 4 heteroatoms. The number of nitrogens with zero attached hydrogens (tertiary/aromatic N) is 2. The van der Waals surface area contributed by atoms with E-state index in [9.17, 15) is 5.11 Å². The summed E-state index contributed by atoms with van der Waals surface area (Å²) in [5.41, 5.74) is 2.58. The summed E-state index contributed by atoms with van der Waals surface area (Å²) in [6.07, 6.45) is 1.67. The van der Waals surface area contributed by atoms with Crippen LogP contribution in [0.4, 0.5) is 11.4 Å². The third-order valence-corrected chi connectivity index (χ3v) is 3.57. The molecule has 2 aromatic carbocycles. The molecule has 0 amide bonds. The first-order valence-corrected chi connectivity index (χ1v) is 7.39. The van der Waals surface area contributed by atoms with Crippen molar-refractivity contribution in [2.75, 3.05) is 18.0 Å². The summed E-state index contributed by atoms with van der Waals surface area (Å²) < 4.78 is 0. The van der Waals surface area contributed by atoms with E-state index in [1.54, 1.807) is 24.4 Å². The molecule has 0 aromatic heterocycles. The van der Waals surface area contributed by atoms with Crippen LogP contribution in [0.2, 0.25) is 5.02 Å². The monoisotopic (exact) mass is 302 g/mol. The van der Waals surface area contributed by atoms with Gasteiger partial charge < -0.3 is 10.0 Å². The fourth-order valence-corrected chi connectivity index (χ4v) is 2.23. The lowest BCUT2D eigenvalue weighted by Gasteiger charge is -2.21. The molecule has 0 atom stereocenters. The van der Waals surface area contributed by atoms with Gasteiger partial charge in [0, 0.05) is 35.6 Å². The largest absolute Gasteiger partial charge is 0.507 e. The van der Waals surface area contributed by atoms with Gasteiger partial charge in [0.1, 0.15) is 5.75 Å². The molecular formula is C17H19ClN2O. The lowest BCUT2D eigenvalue weighted by molar-refractivity contribution is 0.474. The van der Waals surface area contributed by atoms with E-state index in [2.05, 4.69) is 23.7 Å². The highest BCUT2D eigenvalue weighted by atomic mass is 35.5. The Bertz CT molecular complexity index is 619. The molecule has 0 aliphatic carbocycles. The normalized spacial score (nSPS) is 11.0. The summed E-state index contributed by atoms with van der Waals surface area (Å²) in [5.74, 6) is 0.226. The van der Waals surface area contributed by atoms with Crippen LogP contribution in [0.3, 0.4) is 0 Å². The molecule has 0 saturated heterocycles. The number of hydrogen-bond donors (Lipinski definition) is 1. The number of halogens is 1. The minimum atomic E-state index is 0.226. The second-order valence-electron chi connectivity index (χ2n) is 4.65. The molecule has 0 unspecified atom stereocenters. The molecule has 2 aromatic rings. The fraction of sp³-hybridized carbons (Fsp3) is 0.235. The zero-order valence-corrected chi connectivity index (χ0v) is 13.0. The van der Waals surface area contributed by atoms with E-state index in [1.165, 1.54) is 0 Å². The molecular weight excluding hydrogens is 284 g/mol. The highest BCUT2D eigenvalue weighted by molar-refractivity contribution is 6.30. The van der Waals surface area contributed by atoms with Gasteiger partial charge in [0.2, 0.25) is 0 Å². The van der Waals surface area contributed by atoms with E-state index in [0.29, 0.717) is 10.6 Å². The van der Waals surface area contributed by atoms with Crippen LogP contribution in [-0.4, -0.2) is 24.4 Å². The number of benzene rings is 2. The first-order valence-electron chi connectivity index (χ1n) is 7.01. The van der Waals surface area contributed by atoms with Crippen molar-refractivity contribution in [3.8, 4) is 5.75 Å². The number of aromatic hydroxyl groups is 1. The van der Waals surface area contributed by atoms with E-state index in [1.807, 2.05) is 24.3 Å². The van der Waals surface area contributed by atoms with E-state index in [-0.39, 0.29) is 5.75 Å². The van der Waals surface area contributed by atoms with Crippen LogP contribution in [0, 0.1) is 0 Å². The molecule has 2 rings (SSSR count). The Hall–Kier alpha value is -2.00. The molecule has 21 heavy (non-hydrogen) atoms. The summed E-state index contributed by atoms with van der Waals surface area (Å²) in [6.45, 7) is 6.07. The first kappa shape index (κ1) is 15.4. The molecule has 0 aliphatic heterocycles.